The fraction of sp³-hybridized carbons (Fsp3) is 0.556. The molecule has 1 fully saturated rings. The summed E-state index contributed by atoms with van der Waals surface area (Å²) in [7, 11) is 3.45. The summed E-state index contributed by atoms with van der Waals surface area (Å²) in [5.74, 6) is 0.0221. The first kappa shape index (κ1) is 25.8. The summed E-state index contributed by atoms with van der Waals surface area (Å²) in [6.45, 7) is 5.87. The van der Waals surface area contributed by atoms with Gasteiger partial charge in [0.2, 0.25) is 5.91 Å². The molecule has 3 rings (SSSR count). The highest BCUT2D eigenvalue weighted by atomic mass is 19.1. The summed E-state index contributed by atoms with van der Waals surface area (Å²) in [4.78, 5) is 31.6. The number of aromatic nitrogens is 1. The van der Waals surface area contributed by atoms with Crippen LogP contribution in [-0.2, 0) is 17.9 Å². The van der Waals surface area contributed by atoms with Crippen LogP contribution < -0.4 is 0 Å². The number of benzene rings is 1. The number of nitrogens with zero attached hydrogens (tertiary/aromatic N) is 4. The topological polar surface area (TPSA) is 48.8 Å². The Morgan fingerprint density at radius 2 is 1.74 bits per heavy atom. The number of carbonyl (C=O) groups excluding carboxylic acids is 2. The lowest BCUT2D eigenvalue weighted by atomic mass is 9.94. The van der Waals surface area contributed by atoms with E-state index in [9.17, 15) is 14.0 Å². The van der Waals surface area contributed by atoms with Gasteiger partial charge in [-0.05, 0) is 48.6 Å². The summed E-state index contributed by atoms with van der Waals surface area (Å²) in [5.41, 5.74) is 2.05. The molecule has 34 heavy (non-hydrogen) atoms. The van der Waals surface area contributed by atoms with Crippen molar-refractivity contribution in [2.75, 3.05) is 27.2 Å². The summed E-state index contributed by atoms with van der Waals surface area (Å²) < 4.78 is 15.4. The van der Waals surface area contributed by atoms with Crippen LogP contribution in [0.15, 0.2) is 42.6 Å². The van der Waals surface area contributed by atoms with E-state index in [1.165, 1.54) is 23.5 Å². The van der Waals surface area contributed by atoms with Crippen LogP contribution in [0.4, 0.5) is 9.18 Å². The second-order valence-electron chi connectivity index (χ2n) is 10.0. The van der Waals surface area contributed by atoms with Gasteiger partial charge in [-0.2, -0.15) is 0 Å². The number of halogens is 1. The molecule has 1 aliphatic carbocycles. The number of rotatable bonds is 9. The summed E-state index contributed by atoms with van der Waals surface area (Å²) in [5, 5.41) is 0. The van der Waals surface area contributed by atoms with E-state index in [1.807, 2.05) is 23.2 Å². The molecule has 3 amide bonds. The zero-order chi connectivity index (χ0) is 24.7. The van der Waals surface area contributed by atoms with E-state index in [4.69, 9.17) is 0 Å². The van der Waals surface area contributed by atoms with Gasteiger partial charge in [0.15, 0.2) is 0 Å². The highest BCUT2D eigenvalue weighted by Crippen LogP contribution is 2.25. The highest BCUT2D eigenvalue weighted by Gasteiger charge is 2.29. The normalized spacial score (nSPS) is 14.3. The molecule has 0 bridgehead atoms. The fourth-order valence-corrected chi connectivity index (χ4v) is 4.71. The average molecular weight is 471 g/mol. The summed E-state index contributed by atoms with van der Waals surface area (Å²) in [6, 6.07) is 10.6. The predicted molar refractivity (Wildman–Crippen MR) is 133 cm³/mol. The first-order valence-electron chi connectivity index (χ1n) is 12.4. The number of hydrogen-bond acceptors (Lipinski definition) is 2. The van der Waals surface area contributed by atoms with E-state index < -0.39 is 0 Å². The van der Waals surface area contributed by atoms with E-state index in [0.29, 0.717) is 19.6 Å². The largest absolute Gasteiger partial charge is 0.345 e. The van der Waals surface area contributed by atoms with Crippen LogP contribution in [0.2, 0.25) is 0 Å². The van der Waals surface area contributed by atoms with Crippen LogP contribution in [0.25, 0.3) is 0 Å². The Hall–Kier alpha value is -2.83. The second kappa shape index (κ2) is 12.0. The van der Waals surface area contributed by atoms with Gasteiger partial charge in [0, 0.05) is 45.1 Å². The molecule has 1 saturated carbocycles. The average Bonchev–Trinajstić information content (AvgIpc) is 3.24. The SMILES string of the molecule is CC(C)CN(CC(=O)N(Cc1cccn1Cc1ccc(F)cc1)C1CCCCC1)C(=O)N(C)C. The molecule has 0 atom stereocenters. The maximum atomic E-state index is 13.7. The Morgan fingerprint density at radius 1 is 1.06 bits per heavy atom. The zero-order valence-corrected chi connectivity index (χ0v) is 21.0. The quantitative estimate of drug-likeness (QED) is 0.519. The van der Waals surface area contributed by atoms with Gasteiger partial charge in [0.05, 0.1) is 6.54 Å². The monoisotopic (exact) mass is 470 g/mol. The third-order valence-electron chi connectivity index (χ3n) is 6.42. The molecule has 7 heteroatoms. The molecule has 0 radical (unpaired) electrons. The van der Waals surface area contributed by atoms with Gasteiger partial charge in [-0.3, -0.25) is 4.79 Å². The molecule has 0 unspecified atom stereocenters. The van der Waals surface area contributed by atoms with E-state index in [0.717, 1.165) is 36.9 Å². The number of amides is 3. The molecule has 1 aromatic carbocycles. The van der Waals surface area contributed by atoms with Crippen molar-refractivity contribution < 1.29 is 14.0 Å². The smallest absolute Gasteiger partial charge is 0.319 e. The van der Waals surface area contributed by atoms with Crippen LogP contribution in [0, 0.1) is 11.7 Å². The first-order valence-corrected chi connectivity index (χ1v) is 12.4. The molecule has 2 aromatic rings. The molecular formula is C27H39FN4O2. The Morgan fingerprint density at radius 3 is 2.35 bits per heavy atom. The van der Waals surface area contributed by atoms with E-state index >= 15 is 0 Å². The maximum absolute atomic E-state index is 13.7. The van der Waals surface area contributed by atoms with Crippen LogP contribution in [0.5, 0.6) is 0 Å². The molecule has 0 N–H and O–H groups in total. The van der Waals surface area contributed by atoms with Gasteiger partial charge in [0.25, 0.3) is 0 Å². The van der Waals surface area contributed by atoms with Crippen LogP contribution in [-0.4, -0.2) is 64.4 Å². The standard InChI is InChI=1S/C27H39FN4O2/c1-21(2)17-31(27(34)29(3)4)20-26(33)32(24-9-6-5-7-10-24)19-25-11-8-16-30(25)18-22-12-14-23(28)15-13-22/h8,11-16,21,24H,5-7,9-10,17-20H2,1-4H3. The minimum absolute atomic E-state index is 0.00252. The van der Waals surface area contributed by atoms with Gasteiger partial charge in [-0.25, -0.2) is 9.18 Å². The van der Waals surface area contributed by atoms with Crippen molar-refractivity contribution in [2.24, 2.45) is 5.92 Å². The molecule has 1 aliphatic rings. The highest BCUT2D eigenvalue weighted by molar-refractivity contribution is 5.84. The molecule has 1 heterocycles. The third kappa shape index (κ3) is 7.08. The Balaban J connectivity index is 1.80. The Bertz CT molecular complexity index is 932. The lowest BCUT2D eigenvalue weighted by Crippen LogP contribution is -2.50. The van der Waals surface area contributed by atoms with Crippen LogP contribution in [0.3, 0.4) is 0 Å². The minimum Gasteiger partial charge on any atom is -0.345 e. The Labute approximate surface area is 203 Å². The van der Waals surface area contributed by atoms with Gasteiger partial charge in [0.1, 0.15) is 12.4 Å². The van der Waals surface area contributed by atoms with Crippen molar-refractivity contribution in [3.63, 3.8) is 0 Å². The number of carbonyl (C=O) groups is 2. The fourth-order valence-electron chi connectivity index (χ4n) is 4.71. The zero-order valence-electron chi connectivity index (χ0n) is 21.0. The van der Waals surface area contributed by atoms with Gasteiger partial charge >= 0.3 is 6.03 Å². The van der Waals surface area contributed by atoms with E-state index in [1.54, 1.807) is 31.1 Å². The van der Waals surface area contributed by atoms with Crippen molar-refractivity contribution in [3.8, 4) is 0 Å². The van der Waals surface area contributed by atoms with Crippen molar-refractivity contribution in [1.29, 1.82) is 0 Å². The number of hydrogen-bond donors (Lipinski definition) is 0. The molecule has 0 aliphatic heterocycles. The van der Waals surface area contributed by atoms with Gasteiger partial charge < -0.3 is 19.3 Å². The lowest BCUT2D eigenvalue weighted by Gasteiger charge is -2.37. The second-order valence-corrected chi connectivity index (χ2v) is 10.0. The molecule has 6 nitrogen and oxygen atoms in total. The molecule has 0 saturated heterocycles. The predicted octanol–water partition coefficient (Wildman–Crippen LogP) is 4.98. The third-order valence-corrected chi connectivity index (χ3v) is 6.42. The number of urea groups is 1. The van der Waals surface area contributed by atoms with Gasteiger partial charge in [-0.15, -0.1) is 0 Å². The van der Waals surface area contributed by atoms with Crippen molar-refractivity contribution in [3.05, 3.63) is 59.7 Å². The van der Waals surface area contributed by atoms with Crippen molar-refractivity contribution in [1.82, 2.24) is 19.3 Å². The summed E-state index contributed by atoms with van der Waals surface area (Å²) >= 11 is 0. The molecule has 0 spiro atoms. The molecule has 1 aromatic heterocycles. The first-order chi connectivity index (χ1) is 16.2. The molecule has 186 valence electrons. The summed E-state index contributed by atoms with van der Waals surface area (Å²) in [6.07, 6.45) is 7.45. The maximum Gasteiger partial charge on any atom is 0.319 e. The van der Waals surface area contributed by atoms with Crippen LogP contribution in [0.1, 0.15) is 57.2 Å². The van der Waals surface area contributed by atoms with Crippen molar-refractivity contribution in [2.45, 2.75) is 65.1 Å². The van der Waals surface area contributed by atoms with E-state index in [2.05, 4.69) is 18.4 Å². The van der Waals surface area contributed by atoms with Gasteiger partial charge in [-0.1, -0.05) is 45.2 Å². The van der Waals surface area contributed by atoms with Crippen LogP contribution >= 0.6 is 0 Å². The molecular weight excluding hydrogens is 431 g/mol. The van der Waals surface area contributed by atoms with Crippen molar-refractivity contribution >= 4 is 11.9 Å². The Kier molecular flexibility index (Phi) is 9.13. The van der Waals surface area contributed by atoms with E-state index in [-0.39, 0.29) is 36.3 Å². The lowest BCUT2D eigenvalue weighted by molar-refractivity contribution is -0.135. The minimum atomic E-state index is -0.247.